The zero-order chi connectivity index (χ0) is 26.1. The van der Waals surface area contributed by atoms with Crippen molar-refractivity contribution in [2.75, 3.05) is 21.1 Å². The maximum Gasteiger partial charge on any atom is 0.122 e. The topological polar surface area (TPSA) is 48.8 Å². The largest absolute Gasteiger partial charge is 0.274 e. The average Bonchev–Trinajstić information content (AvgIpc) is 2.85. The molecule has 200 valence electrons. The molecule has 0 bridgehead atoms. The summed E-state index contributed by atoms with van der Waals surface area (Å²) in [6.07, 6.45) is 8.87. The lowest BCUT2D eigenvalue weighted by atomic mass is 9.82. The minimum Gasteiger partial charge on any atom is -0.274 e. The van der Waals surface area contributed by atoms with Gasteiger partial charge in [0.25, 0.3) is 0 Å². The standard InChI is InChI=1S/C16H16.C13H24N2.C2H8N2.CH4/c1-12(2)15-6-4-5-7-16(15)14-10-8-13(3)9-11-14;1-4-5-9-13(14-3)15-11(2)10-12-7-6-8-12;1-3-4-2;/h4-11H,1H2,2-3H3;12H,4-10H2,1-3H3;3-4H,1-2H3;1H4. The number of nitrogens with zero attached hydrogens (tertiary/aromatic N) is 2. The first kappa shape index (κ1) is 33.4. The van der Waals surface area contributed by atoms with E-state index in [0.29, 0.717) is 0 Å². The molecule has 0 heterocycles. The van der Waals surface area contributed by atoms with Crippen LogP contribution >= 0.6 is 0 Å². The minimum atomic E-state index is 0. The van der Waals surface area contributed by atoms with Gasteiger partial charge in [0.05, 0.1) is 0 Å². The van der Waals surface area contributed by atoms with Crippen molar-refractivity contribution in [3.8, 4) is 11.1 Å². The number of benzene rings is 2. The average molecular weight is 493 g/mol. The molecule has 0 aromatic heterocycles. The number of amidine groups is 1. The van der Waals surface area contributed by atoms with Crippen LogP contribution in [0.2, 0.25) is 0 Å². The molecule has 0 amide bonds. The molecule has 0 radical (unpaired) electrons. The molecule has 1 aliphatic carbocycles. The van der Waals surface area contributed by atoms with Gasteiger partial charge in [0.15, 0.2) is 0 Å². The van der Waals surface area contributed by atoms with Gasteiger partial charge < -0.3 is 0 Å². The summed E-state index contributed by atoms with van der Waals surface area (Å²) >= 11 is 0. The fourth-order valence-electron chi connectivity index (χ4n) is 3.77. The lowest BCUT2D eigenvalue weighted by Gasteiger charge is -2.24. The van der Waals surface area contributed by atoms with E-state index in [1.54, 1.807) is 0 Å². The fourth-order valence-corrected chi connectivity index (χ4v) is 3.77. The van der Waals surface area contributed by atoms with Gasteiger partial charge in [0.1, 0.15) is 5.84 Å². The van der Waals surface area contributed by atoms with E-state index in [0.717, 1.165) is 23.7 Å². The van der Waals surface area contributed by atoms with Crippen LogP contribution in [0.5, 0.6) is 0 Å². The molecule has 0 aliphatic heterocycles. The van der Waals surface area contributed by atoms with Crippen LogP contribution in [0.3, 0.4) is 0 Å². The molecule has 1 saturated carbocycles. The van der Waals surface area contributed by atoms with Crippen LogP contribution in [0, 0.1) is 12.8 Å². The molecule has 1 fully saturated rings. The molecule has 36 heavy (non-hydrogen) atoms. The van der Waals surface area contributed by atoms with Crippen LogP contribution in [0.25, 0.3) is 16.7 Å². The predicted molar refractivity (Wildman–Crippen MR) is 164 cm³/mol. The molecule has 2 aromatic carbocycles. The summed E-state index contributed by atoms with van der Waals surface area (Å²) in [5.41, 5.74) is 12.8. The van der Waals surface area contributed by atoms with E-state index < -0.39 is 0 Å². The quantitative estimate of drug-likeness (QED) is 0.220. The van der Waals surface area contributed by atoms with E-state index in [9.17, 15) is 0 Å². The molecule has 0 saturated heterocycles. The Bertz CT molecular complexity index is 919. The number of hydrazine groups is 1. The van der Waals surface area contributed by atoms with Crippen LogP contribution < -0.4 is 10.9 Å². The van der Waals surface area contributed by atoms with Crippen LogP contribution in [0.4, 0.5) is 0 Å². The van der Waals surface area contributed by atoms with Crippen molar-refractivity contribution < 1.29 is 0 Å². The van der Waals surface area contributed by atoms with Gasteiger partial charge in [0, 0.05) is 19.2 Å². The second kappa shape index (κ2) is 19.6. The third-order valence-electron chi connectivity index (χ3n) is 6.14. The zero-order valence-electron chi connectivity index (χ0n) is 23.2. The Morgan fingerprint density at radius 2 is 1.61 bits per heavy atom. The molecule has 2 aromatic rings. The second-order valence-corrected chi connectivity index (χ2v) is 9.28. The third-order valence-corrected chi connectivity index (χ3v) is 6.14. The highest BCUT2D eigenvalue weighted by atomic mass is 15.3. The Labute approximate surface area is 222 Å². The Hall–Kier alpha value is -2.56. The monoisotopic (exact) mass is 492 g/mol. The Morgan fingerprint density at radius 3 is 2.08 bits per heavy atom. The van der Waals surface area contributed by atoms with E-state index >= 15 is 0 Å². The lowest BCUT2D eigenvalue weighted by Crippen LogP contribution is -2.21. The van der Waals surface area contributed by atoms with E-state index in [1.807, 2.05) is 28.1 Å². The normalized spacial score (nSPS) is 13.3. The van der Waals surface area contributed by atoms with E-state index in [2.05, 4.69) is 96.7 Å². The highest BCUT2D eigenvalue weighted by Gasteiger charge is 2.18. The maximum atomic E-state index is 4.62. The maximum absolute atomic E-state index is 4.62. The molecule has 4 heteroatoms. The summed E-state index contributed by atoms with van der Waals surface area (Å²) in [6.45, 7) is 12.5. The van der Waals surface area contributed by atoms with Crippen molar-refractivity contribution in [1.29, 1.82) is 0 Å². The molecule has 2 N–H and O–H groups in total. The molecule has 3 rings (SSSR count). The Balaban J connectivity index is 0.000000580. The highest BCUT2D eigenvalue weighted by molar-refractivity contribution is 5.97. The molecule has 0 unspecified atom stereocenters. The van der Waals surface area contributed by atoms with Gasteiger partial charge in [-0.1, -0.05) is 106 Å². The van der Waals surface area contributed by atoms with Gasteiger partial charge in [-0.05, 0) is 70.3 Å². The summed E-state index contributed by atoms with van der Waals surface area (Å²) in [5, 5.41) is 0. The fraction of sp³-hybridized carbons (Fsp3) is 0.500. The highest BCUT2D eigenvalue weighted by Crippen LogP contribution is 2.30. The first-order valence-corrected chi connectivity index (χ1v) is 13.0. The van der Waals surface area contributed by atoms with E-state index in [1.165, 1.54) is 66.5 Å². The summed E-state index contributed by atoms with van der Waals surface area (Å²) in [6, 6.07) is 17.0. The number of nitrogens with one attached hydrogen (secondary N) is 2. The number of unbranched alkanes of at least 4 members (excludes halogenated alkanes) is 1. The van der Waals surface area contributed by atoms with Gasteiger partial charge in [-0.3, -0.25) is 15.8 Å². The number of aryl methyl sites for hydroxylation is 1. The summed E-state index contributed by atoms with van der Waals surface area (Å²) in [4.78, 5) is 8.87. The van der Waals surface area contributed by atoms with Crippen LogP contribution in [0.15, 0.2) is 65.1 Å². The van der Waals surface area contributed by atoms with Gasteiger partial charge in [-0.15, -0.1) is 0 Å². The third kappa shape index (κ3) is 12.9. The van der Waals surface area contributed by atoms with Crippen molar-refractivity contribution in [3.63, 3.8) is 0 Å². The number of rotatable bonds is 8. The van der Waals surface area contributed by atoms with Crippen LogP contribution in [0.1, 0.15) is 84.3 Å². The molecular formula is C32H52N4. The van der Waals surface area contributed by atoms with Gasteiger partial charge in [-0.25, -0.2) is 4.99 Å². The molecule has 1 aliphatic rings. The smallest absolute Gasteiger partial charge is 0.122 e. The first-order valence-electron chi connectivity index (χ1n) is 13.0. The van der Waals surface area contributed by atoms with E-state index in [-0.39, 0.29) is 7.43 Å². The summed E-state index contributed by atoms with van der Waals surface area (Å²) in [7, 11) is 5.49. The predicted octanol–water partition coefficient (Wildman–Crippen LogP) is 8.53. The van der Waals surface area contributed by atoms with Crippen molar-refractivity contribution in [2.24, 2.45) is 15.9 Å². The lowest BCUT2D eigenvalue weighted by molar-refractivity contribution is 0.326. The number of aliphatic imine (C=N–C) groups is 2. The van der Waals surface area contributed by atoms with Gasteiger partial charge in [-0.2, -0.15) is 0 Å². The van der Waals surface area contributed by atoms with Crippen molar-refractivity contribution >= 4 is 17.1 Å². The minimum absolute atomic E-state index is 0. The molecular weight excluding hydrogens is 440 g/mol. The Kier molecular flexibility index (Phi) is 18.2. The molecule has 0 spiro atoms. The first-order chi connectivity index (χ1) is 16.9. The van der Waals surface area contributed by atoms with Gasteiger partial charge >= 0.3 is 0 Å². The van der Waals surface area contributed by atoms with Crippen molar-refractivity contribution in [3.05, 3.63) is 66.2 Å². The number of hydrogen-bond donors (Lipinski definition) is 2. The zero-order valence-corrected chi connectivity index (χ0v) is 23.2. The van der Waals surface area contributed by atoms with Crippen LogP contribution in [-0.4, -0.2) is 32.7 Å². The summed E-state index contributed by atoms with van der Waals surface area (Å²) in [5.74, 6) is 1.95. The van der Waals surface area contributed by atoms with Crippen molar-refractivity contribution in [1.82, 2.24) is 10.9 Å². The number of hydrogen-bond acceptors (Lipinski definition) is 3. The molecule has 4 nitrogen and oxygen atoms in total. The number of allylic oxidation sites excluding steroid dienone is 1. The Morgan fingerprint density at radius 1 is 1.00 bits per heavy atom. The SMILES string of the molecule is C.C=C(C)c1ccccc1-c1ccc(C)cc1.CCCCC(N=C(C)CC1CCC1)=NC.CNNC. The van der Waals surface area contributed by atoms with E-state index in [4.69, 9.17) is 0 Å². The van der Waals surface area contributed by atoms with Crippen molar-refractivity contribution in [2.45, 2.75) is 80.1 Å². The summed E-state index contributed by atoms with van der Waals surface area (Å²) < 4.78 is 0. The molecule has 0 atom stereocenters. The van der Waals surface area contributed by atoms with Gasteiger partial charge in [0.2, 0.25) is 0 Å². The second-order valence-electron chi connectivity index (χ2n) is 9.28. The van der Waals surface area contributed by atoms with Crippen LogP contribution in [-0.2, 0) is 0 Å².